The predicted octanol–water partition coefficient (Wildman–Crippen LogP) is 4.56. The zero-order valence-electron chi connectivity index (χ0n) is 12.0. The highest BCUT2D eigenvalue weighted by atomic mass is 32.1. The van der Waals surface area contributed by atoms with Crippen LogP contribution in [0.4, 0.5) is 0 Å². The van der Waals surface area contributed by atoms with Gasteiger partial charge in [0.2, 0.25) is 0 Å². The van der Waals surface area contributed by atoms with E-state index >= 15 is 0 Å². The smallest absolute Gasteiger partial charge is 0.0962 e. The van der Waals surface area contributed by atoms with E-state index in [1.165, 1.54) is 54.1 Å². The fourth-order valence-electron chi connectivity index (χ4n) is 2.93. The summed E-state index contributed by atoms with van der Waals surface area (Å²) in [4.78, 5) is 6.30. The normalized spacial score (nSPS) is 19.7. The Bertz CT molecular complexity index is 365. The van der Waals surface area contributed by atoms with Crippen molar-refractivity contribution in [2.45, 2.75) is 71.3 Å². The van der Waals surface area contributed by atoms with E-state index in [1.807, 2.05) is 11.3 Å². The lowest BCUT2D eigenvalue weighted by atomic mass is 10.0. The average Bonchev–Trinajstić information content (AvgIpc) is 2.58. The first-order valence-corrected chi connectivity index (χ1v) is 8.24. The van der Waals surface area contributed by atoms with Gasteiger partial charge in [0.25, 0.3) is 0 Å². The molecule has 3 heteroatoms. The molecule has 1 heterocycles. The second kappa shape index (κ2) is 6.67. The summed E-state index contributed by atoms with van der Waals surface area (Å²) in [5.74, 6) is 0.735. The van der Waals surface area contributed by atoms with Crippen molar-refractivity contribution in [1.29, 1.82) is 0 Å². The van der Waals surface area contributed by atoms with E-state index in [9.17, 15) is 0 Å². The van der Waals surface area contributed by atoms with Gasteiger partial charge in [0.1, 0.15) is 0 Å². The van der Waals surface area contributed by atoms with Crippen LogP contribution in [-0.2, 0) is 0 Å². The lowest BCUT2D eigenvalue weighted by Crippen LogP contribution is -2.17. The van der Waals surface area contributed by atoms with Crippen LogP contribution < -0.4 is 5.32 Å². The lowest BCUT2D eigenvalue weighted by molar-refractivity contribution is 0.587. The van der Waals surface area contributed by atoms with Crippen LogP contribution in [0.3, 0.4) is 0 Å². The maximum atomic E-state index is 4.86. The van der Waals surface area contributed by atoms with Gasteiger partial charge in [-0.1, -0.05) is 32.6 Å². The van der Waals surface area contributed by atoms with Crippen LogP contribution >= 0.6 is 11.3 Å². The molecule has 1 N–H and O–H groups in total. The molecule has 0 amide bonds. The molecule has 2 rings (SSSR count). The molecule has 0 radical (unpaired) electrons. The third kappa shape index (κ3) is 3.33. The zero-order valence-corrected chi connectivity index (χ0v) is 12.8. The second-order valence-electron chi connectivity index (χ2n) is 5.47. The summed E-state index contributed by atoms with van der Waals surface area (Å²) in [5, 5.41) is 4.90. The molecule has 1 aliphatic carbocycles. The van der Waals surface area contributed by atoms with E-state index in [-0.39, 0.29) is 0 Å². The number of nitrogens with one attached hydrogen (secondary N) is 1. The first-order valence-electron chi connectivity index (χ1n) is 7.43. The predicted molar refractivity (Wildman–Crippen MR) is 79.4 cm³/mol. The third-order valence-electron chi connectivity index (χ3n) is 3.96. The number of aromatic nitrogens is 1. The molecule has 2 nitrogen and oxygen atoms in total. The minimum atomic E-state index is 0.451. The number of aryl methyl sites for hydroxylation is 1. The summed E-state index contributed by atoms with van der Waals surface area (Å²) in [6, 6.07) is 0.451. The number of nitrogens with zero attached hydrogens (tertiary/aromatic N) is 1. The minimum Gasteiger partial charge on any atom is -0.310 e. The van der Waals surface area contributed by atoms with E-state index in [4.69, 9.17) is 4.98 Å². The van der Waals surface area contributed by atoms with E-state index in [0.717, 1.165) is 12.5 Å². The molecule has 1 saturated carbocycles. The summed E-state index contributed by atoms with van der Waals surface area (Å²) in [6.07, 6.45) is 8.32. The van der Waals surface area contributed by atoms with Gasteiger partial charge in [0.05, 0.1) is 10.7 Å². The number of hydrogen-bond donors (Lipinski definition) is 1. The van der Waals surface area contributed by atoms with Gasteiger partial charge >= 0.3 is 0 Å². The van der Waals surface area contributed by atoms with Gasteiger partial charge in [-0.25, -0.2) is 4.98 Å². The summed E-state index contributed by atoms with van der Waals surface area (Å²) < 4.78 is 0. The summed E-state index contributed by atoms with van der Waals surface area (Å²) in [5.41, 5.74) is 1.24. The second-order valence-corrected chi connectivity index (χ2v) is 6.53. The van der Waals surface area contributed by atoms with Crippen molar-refractivity contribution in [3.05, 3.63) is 15.6 Å². The van der Waals surface area contributed by atoms with E-state index < -0.39 is 0 Å². The Kier molecular flexibility index (Phi) is 5.19. The van der Waals surface area contributed by atoms with Crippen LogP contribution in [0.2, 0.25) is 0 Å². The highest BCUT2D eigenvalue weighted by Gasteiger charge is 2.21. The van der Waals surface area contributed by atoms with Crippen molar-refractivity contribution in [3.8, 4) is 0 Å². The zero-order chi connectivity index (χ0) is 13.0. The van der Waals surface area contributed by atoms with Gasteiger partial charge in [-0.3, -0.25) is 0 Å². The van der Waals surface area contributed by atoms with E-state index in [2.05, 4.69) is 26.1 Å². The fourth-order valence-corrected chi connectivity index (χ4v) is 4.19. The molecule has 102 valence electrons. The summed E-state index contributed by atoms with van der Waals surface area (Å²) in [6.45, 7) is 7.61. The molecule has 0 spiro atoms. The lowest BCUT2D eigenvalue weighted by Gasteiger charge is -2.11. The molecule has 0 saturated heterocycles. The highest BCUT2D eigenvalue weighted by Crippen LogP contribution is 2.36. The van der Waals surface area contributed by atoms with Crippen LogP contribution in [0.1, 0.15) is 79.9 Å². The molecule has 1 atom stereocenters. The molecule has 1 aromatic heterocycles. The van der Waals surface area contributed by atoms with Gasteiger partial charge in [0, 0.05) is 16.8 Å². The van der Waals surface area contributed by atoms with E-state index in [1.54, 1.807) is 0 Å². The average molecular weight is 266 g/mol. The number of rotatable bonds is 4. The fraction of sp³-hybridized carbons (Fsp3) is 0.800. The summed E-state index contributed by atoms with van der Waals surface area (Å²) in [7, 11) is 0. The Labute approximate surface area is 115 Å². The van der Waals surface area contributed by atoms with Crippen molar-refractivity contribution in [2.24, 2.45) is 0 Å². The third-order valence-corrected chi connectivity index (χ3v) is 5.46. The molecule has 1 aliphatic rings. The van der Waals surface area contributed by atoms with Gasteiger partial charge in [0.15, 0.2) is 0 Å². The largest absolute Gasteiger partial charge is 0.310 e. The van der Waals surface area contributed by atoms with Crippen molar-refractivity contribution in [1.82, 2.24) is 10.3 Å². The van der Waals surface area contributed by atoms with Crippen LogP contribution in [-0.4, -0.2) is 11.5 Å². The Hall–Kier alpha value is -0.410. The molecular weight excluding hydrogens is 240 g/mol. The maximum Gasteiger partial charge on any atom is 0.0962 e. The topological polar surface area (TPSA) is 24.9 Å². The Morgan fingerprint density at radius 1 is 1.28 bits per heavy atom. The van der Waals surface area contributed by atoms with Crippen LogP contribution in [0.15, 0.2) is 0 Å². The molecule has 0 aromatic carbocycles. The minimum absolute atomic E-state index is 0.451. The SMILES string of the molecule is CCNC(C)c1sc(C2CCCCCC2)nc1C. The monoisotopic (exact) mass is 266 g/mol. The van der Waals surface area contributed by atoms with Gasteiger partial charge in [-0.15, -0.1) is 11.3 Å². The molecule has 0 aliphatic heterocycles. The van der Waals surface area contributed by atoms with Crippen molar-refractivity contribution in [3.63, 3.8) is 0 Å². The summed E-state index contributed by atoms with van der Waals surface area (Å²) >= 11 is 1.95. The van der Waals surface area contributed by atoms with Crippen LogP contribution in [0.25, 0.3) is 0 Å². The molecule has 1 aromatic rings. The Balaban J connectivity index is 2.11. The maximum absolute atomic E-state index is 4.86. The number of hydrogen-bond acceptors (Lipinski definition) is 3. The first kappa shape index (κ1) is 14.0. The molecule has 1 unspecified atom stereocenters. The molecule has 0 bridgehead atoms. The highest BCUT2D eigenvalue weighted by molar-refractivity contribution is 7.11. The van der Waals surface area contributed by atoms with Gasteiger partial charge in [-0.2, -0.15) is 0 Å². The number of thiazole rings is 1. The van der Waals surface area contributed by atoms with Crippen molar-refractivity contribution >= 4 is 11.3 Å². The van der Waals surface area contributed by atoms with Crippen LogP contribution in [0.5, 0.6) is 0 Å². The molecule has 1 fully saturated rings. The van der Waals surface area contributed by atoms with Crippen LogP contribution in [0, 0.1) is 6.92 Å². The van der Waals surface area contributed by atoms with E-state index in [0.29, 0.717) is 6.04 Å². The molecule has 18 heavy (non-hydrogen) atoms. The first-order chi connectivity index (χ1) is 8.72. The van der Waals surface area contributed by atoms with Crippen molar-refractivity contribution in [2.75, 3.05) is 6.54 Å². The molecular formula is C15H26N2S. The Morgan fingerprint density at radius 3 is 2.56 bits per heavy atom. The Morgan fingerprint density at radius 2 is 1.94 bits per heavy atom. The van der Waals surface area contributed by atoms with Gasteiger partial charge in [-0.05, 0) is 33.2 Å². The quantitative estimate of drug-likeness (QED) is 0.808. The van der Waals surface area contributed by atoms with Gasteiger partial charge < -0.3 is 5.32 Å². The standard InChI is InChI=1S/C15H26N2S/c1-4-16-11(2)14-12(3)17-15(18-14)13-9-7-5-6-8-10-13/h11,13,16H,4-10H2,1-3H3. The van der Waals surface area contributed by atoms with Crippen molar-refractivity contribution < 1.29 is 0 Å².